The summed E-state index contributed by atoms with van der Waals surface area (Å²) in [6.45, 7) is 21.8. The highest BCUT2D eigenvalue weighted by Gasteiger charge is 2.67. The van der Waals surface area contributed by atoms with Crippen molar-refractivity contribution < 1.29 is 28.7 Å². The number of imide groups is 2. The van der Waals surface area contributed by atoms with E-state index in [0.717, 1.165) is 79.5 Å². The number of pyridine rings is 1. The minimum atomic E-state index is -0.977. The van der Waals surface area contributed by atoms with Gasteiger partial charge in [-0.25, -0.2) is 9.83 Å². The summed E-state index contributed by atoms with van der Waals surface area (Å²) >= 11 is 0. The number of nitrogens with one attached hydrogen (secondary N) is 1. The third-order valence-corrected chi connectivity index (χ3v) is 14.1. The van der Waals surface area contributed by atoms with E-state index >= 15 is 0 Å². The molecule has 13 heteroatoms. The number of anilines is 1. The number of aryl methyl sites for hydroxylation is 1. The maximum atomic E-state index is 13.8. The van der Waals surface area contributed by atoms with Crippen LogP contribution in [0.1, 0.15) is 114 Å². The van der Waals surface area contributed by atoms with Crippen LogP contribution in [-0.4, -0.2) is 99.6 Å². The summed E-state index contributed by atoms with van der Waals surface area (Å²) in [5.74, 6) is 5.89. The van der Waals surface area contributed by atoms with Crippen LogP contribution in [0.4, 0.5) is 11.4 Å². The predicted molar refractivity (Wildman–Crippen MR) is 227 cm³/mol. The first kappa shape index (κ1) is 40.4. The smallest absolute Gasteiger partial charge is 0.262 e. The van der Waals surface area contributed by atoms with E-state index in [1.54, 1.807) is 18.2 Å². The van der Waals surface area contributed by atoms with Gasteiger partial charge in [-0.05, 0) is 93.0 Å². The first-order valence-corrected chi connectivity index (χ1v) is 21.5. The molecule has 2 saturated heterocycles. The van der Waals surface area contributed by atoms with E-state index in [0.29, 0.717) is 40.7 Å². The lowest BCUT2D eigenvalue weighted by Crippen LogP contribution is -2.74. The number of hydrogen-bond acceptors (Lipinski definition) is 9. The average Bonchev–Trinajstić information content (AvgIpc) is 3.68. The molecule has 1 aromatic heterocycles. The van der Waals surface area contributed by atoms with E-state index in [4.69, 9.17) is 16.3 Å². The van der Waals surface area contributed by atoms with Gasteiger partial charge >= 0.3 is 0 Å². The van der Waals surface area contributed by atoms with Gasteiger partial charge in [-0.2, -0.15) is 0 Å². The number of fused-ring (bicyclic) bond motifs is 2. The molecule has 2 saturated carbocycles. The van der Waals surface area contributed by atoms with E-state index in [2.05, 4.69) is 59.5 Å². The Morgan fingerprint density at radius 2 is 1.52 bits per heavy atom. The quantitative estimate of drug-likeness (QED) is 0.183. The molecular weight excluding hydrogens is 771 g/mol. The molecule has 4 aliphatic heterocycles. The number of amides is 5. The van der Waals surface area contributed by atoms with E-state index in [9.17, 15) is 24.0 Å². The molecule has 0 bridgehead atoms. The molecule has 61 heavy (non-hydrogen) atoms. The number of ether oxygens (including phenoxy) is 1. The van der Waals surface area contributed by atoms with Crippen molar-refractivity contribution in [3.63, 3.8) is 0 Å². The van der Waals surface area contributed by atoms with Crippen LogP contribution in [-0.2, 0) is 16.1 Å². The summed E-state index contributed by atoms with van der Waals surface area (Å²) in [5.41, 5.74) is 4.45. The van der Waals surface area contributed by atoms with Gasteiger partial charge in [0, 0.05) is 67.1 Å². The molecule has 1 atom stereocenters. The fraction of sp³-hybridized carbons (Fsp3) is 0.479. The predicted octanol–water partition coefficient (Wildman–Crippen LogP) is 5.91. The van der Waals surface area contributed by atoms with Gasteiger partial charge in [0.25, 0.3) is 17.7 Å². The number of carbonyl (C=O) groups excluding carboxylic acids is 5. The van der Waals surface area contributed by atoms with Crippen molar-refractivity contribution in [3.05, 3.63) is 93.6 Å². The second-order valence-corrected chi connectivity index (χ2v) is 18.7. The van der Waals surface area contributed by atoms with Crippen molar-refractivity contribution in [1.29, 1.82) is 0 Å². The number of aromatic nitrogens is 1. The lowest BCUT2D eigenvalue weighted by atomic mass is 9.49. The second-order valence-electron chi connectivity index (χ2n) is 18.7. The molecule has 4 fully saturated rings. The summed E-state index contributed by atoms with van der Waals surface area (Å²) in [5, 5.41) is 2.25. The van der Waals surface area contributed by atoms with E-state index < -0.39 is 29.7 Å². The maximum Gasteiger partial charge on any atom is 0.262 e. The molecule has 1 unspecified atom stereocenters. The average molecular weight is 822 g/mol. The number of hydrogen-bond donors (Lipinski definition) is 1. The summed E-state index contributed by atoms with van der Waals surface area (Å²) in [7, 11) is 0. The Morgan fingerprint density at radius 1 is 0.820 bits per heavy atom. The van der Waals surface area contributed by atoms with Crippen LogP contribution < -0.4 is 15.0 Å². The van der Waals surface area contributed by atoms with Gasteiger partial charge in [0.05, 0.1) is 35.5 Å². The van der Waals surface area contributed by atoms with Gasteiger partial charge < -0.3 is 14.5 Å². The van der Waals surface area contributed by atoms with Crippen molar-refractivity contribution in [2.24, 2.45) is 16.7 Å². The summed E-state index contributed by atoms with van der Waals surface area (Å²) in [6.07, 6.45) is 4.25. The van der Waals surface area contributed by atoms with Gasteiger partial charge in [-0.3, -0.25) is 39.1 Å². The summed E-state index contributed by atoms with van der Waals surface area (Å²) < 4.78 is 6.56. The highest BCUT2D eigenvalue weighted by Crippen LogP contribution is 2.59. The first-order valence-electron chi connectivity index (χ1n) is 21.5. The Morgan fingerprint density at radius 3 is 2.21 bits per heavy atom. The van der Waals surface area contributed by atoms with Crippen LogP contribution >= 0.6 is 0 Å². The molecule has 1 N–H and O–H groups in total. The molecule has 2 aromatic carbocycles. The minimum absolute atomic E-state index is 0.000239. The Kier molecular flexibility index (Phi) is 10.0. The van der Waals surface area contributed by atoms with E-state index in [-0.39, 0.29) is 47.6 Å². The third kappa shape index (κ3) is 6.93. The topological polar surface area (TPSA) is 137 Å². The van der Waals surface area contributed by atoms with Crippen molar-refractivity contribution in [2.75, 3.05) is 31.1 Å². The molecule has 0 radical (unpaired) electrons. The maximum absolute atomic E-state index is 13.8. The normalized spacial score (nSPS) is 26.8. The largest absolute Gasteiger partial charge is 0.489 e. The molecule has 9 rings (SSSR count). The lowest BCUT2D eigenvalue weighted by Gasteiger charge is -2.65. The highest BCUT2D eigenvalue weighted by molar-refractivity contribution is 6.23. The van der Waals surface area contributed by atoms with Crippen molar-refractivity contribution in [3.8, 4) is 17.6 Å². The zero-order chi connectivity index (χ0) is 43.0. The second kappa shape index (κ2) is 15.1. The lowest BCUT2D eigenvalue weighted by molar-refractivity contribution is -0.199. The van der Waals surface area contributed by atoms with E-state index in [1.807, 2.05) is 42.2 Å². The number of rotatable bonds is 6. The molecule has 13 nitrogen and oxygen atoms in total. The van der Waals surface area contributed by atoms with E-state index in [1.165, 1.54) is 0 Å². The molecule has 314 valence electrons. The third-order valence-electron chi connectivity index (χ3n) is 14.1. The number of piperidine rings is 1. The van der Waals surface area contributed by atoms with Crippen LogP contribution in [0.3, 0.4) is 0 Å². The molecule has 5 amide bonds. The SMILES string of the molecule is [C-]#[N+]c1ccc(OC2C(C)(C)C(N3Cc4nc(C#CC5CCC(N6CCN(c7ccc8c(c7)C(=O)N(C7CCC(=O)NC7=O)C8=O)CC6)CC5)ccc4C3=O)C2(C)C)cc1C. The molecule has 0 spiro atoms. The standard InChI is InChI=1S/C48H51N7O6/c1-28-25-33(15-18-37(28)49-6)61-46-47(2,3)45(48(46,4)5)54-27-38-35(42(54)58)16-11-30(50-38)10-7-29-8-12-31(13-9-29)52-21-23-53(24-22-52)32-14-17-34-36(26-32)44(60)55(43(34)59)39-19-20-40(56)51-41(39)57/h11,14-18,25-26,29,31,39,45-46H,8-9,12-13,19-24,27H2,1-5H3,(H,51,56,57). The number of benzene rings is 2. The van der Waals surface area contributed by atoms with Gasteiger partial charge in [0.15, 0.2) is 5.69 Å². The number of carbonyl (C=O) groups is 5. The molecular formula is C48H51N7O6. The Bertz CT molecular complexity index is 2460. The van der Waals surface area contributed by atoms with Crippen LogP contribution in [0.25, 0.3) is 4.85 Å². The van der Waals surface area contributed by atoms with Crippen LogP contribution in [0.5, 0.6) is 5.75 Å². The van der Waals surface area contributed by atoms with Crippen molar-refractivity contribution >= 4 is 40.9 Å². The van der Waals surface area contributed by atoms with Crippen LogP contribution in [0.2, 0.25) is 0 Å². The number of nitrogens with zero attached hydrogens (tertiary/aromatic N) is 6. The highest BCUT2D eigenvalue weighted by atomic mass is 16.5. The van der Waals surface area contributed by atoms with Gasteiger partial charge in [-0.15, -0.1) is 0 Å². The molecule has 6 aliphatic rings. The monoisotopic (exact) mass is 821 g/mol. The fourth-order valence-corrected chi connectivity index (χ4v) is 11.4. The summed E-state index contributed by atoms with van der Waals surface area (Å²) in [4.78, 5) is 80.7. The van der Waals surface area contributed by atoms with Crippen molar-refractivity contribution in [1.82, 2.24) is 25.0 Å². The Hall–Kier alpha value is -6.05. The minimum Gasteiger partial charge on any atom is -0.489 e. The fourth-order valence-electron chi connectivity index (χ4n) is 11.4. The Balaban J connectivity index is 0.770. The van der Waals surface area contributed by atoms with Gasteiger partial charge in [0.2, 0.25) is 11.8 Å². The molecule has 5 heterocycles. The molecule has 2 aliphatic carbocycles. The molecule has 3 aromatic rings. The first-order chi connectivity index (χ1) is 29.1. The van der Waals surface area contributed by atoms with Gasteiger partial charge in [-0.1, -0.05) is 39.7 Å². The Labute approximate surface area is 356 Å². The van der Waals surface area contributed by atoms with Gasteiger partial charge in [0.1, 0.15) is 23.6 Å². The van der Waals surface area contributed by atoms with Crippen molar-refractivity contribution in [2.45, 2.75) is 104 Å². The number of piperazine rings is 1. The zero-order valence-electron chi connectivity index (χ0n) is 35.4. The summed E-state index contributed by atoms with van der Waals surface area (Å²) in [6, 6.07) is 14.1. The van der Waals surface area contributed by atoms with Crippen LogP contribution in [0.15, 0.2) is 48.5 Å². The zero-order valence-corrected chi connectivity index (χ0v) is 35.4. The van der Waals surface area contributed by atoms with Crippen LogP contribution in [0, 0.1) is 42.1 Å².